The number of esters is 1. The van der Waals surface area contributed by atoms with Gasteiger partial charge in [-0.2, -0.15) is 0 Å². The predicted octanol–water partition coefficient (Wildman–Crippen LogP) is 1.95. The van der Waals surface area contributed by atoms with Crippen molar-refractivity contribution in [1.29, 1.82) is 0 Å². The van der Waals surface area contributed by atoms with Crippen LogP contribution in [0.15, 0.2) is 25.3 Å². The molecule has 0 aromatic rings. The summed E-state index contributed by atoms with van der Waals surface area (Å²) in [5.41, 5.74) is 0. The highest BCUT2D eigenvalue weighted by molar-refractivity contribution is 5.69. The van der Waals surface area contributed by atoms with Crippen molar-refractivity contribution in [2.24, 2.45) is 0 Å². The molecule has 0 aliphatic heterocycles. The molecule has 0 amide bonds. The van der Waals surface area contributed by atoms with Crippen molar-refractivity contribution < 1.29 is 28.9 Å². The molecular weight excluding hydrogens is 276 g/mol. The van der Waals surface area contributed by atoms with Gasteiger partial charge in [-0.25, -0.2) is 0 Å². The molecule has 1 atom stereocenters. The normalized spacial score (nSPS) is 11.6. The van der Waals surface area contributed by atoms with Gasteiger partial charge < -0.3 is 19.3 Å². The summed E-state index contributed by atoms with van der Waals surface area (Å²) in [6.07, 6.45) is 4.10. The summed E-state index contributed by atoms with van der Waals surface area (Å²) >= 11 is 0. The van der Waals surface area contributed by atoms with E-state index in [9.17, 15) is 9.59 Å². The Hall–Kier alpha value is -1.66. The van der Waals surface area contributed by atoms with Crippen LogP contribution in [-0.2, 0) is 23.8 Å². The lowest BCUT2D eigenvalue weighted by molar-refractivity contribution is -0.149. The summed E-state index contributed by atoms with van der Waals surface area (Å²) in [6, 6.07) is 0. The number of rotatable bonds is 14. The lowest BCUT2D eigenvalue weighted by atomic mass is 10.2. The van der Waals surface area contributed by atoms with Crippen LogP contribution in [0.2, 0.25) is 0 Å². The molecule has 0 radical (unpaired) electrons. The molecule has 0 aromatic heterocycles. The van der Waals surface area contributed by atoms with Gasteiger partial charge >= 0.3 is 11.9 Å². The predicted molar refractivity (Wildman–Crippen MR) is 78.0 cm³/mol. The van der Waals surface area contributed by atoms with E-state index in [1.807, 2.05) is 0 Å². The van der Waals surface area contributed by atoms with Gasteiger partial charge in [0.05, 0.1) is 19.8 Å². The molecule has 6 nitrogen and oxygen atoms in total. The standard InChI is InChI=1S/C15H24O6/c1-3-9-19-11-13(20-10-4-2)12-21-15(18)8-6-5-7-14(16)17/h3-4,13H,1-2,5-12H2,(H,16,17). The number of hydrogen-bond donors (Lipinski definition) is 1. The Balaban J connectivity index is 3.85. The van der Waals surface area contributed by atoms with Crippen molar-refractivity contribution in [3.63, 3.8) is 0 Å². The Morgan fingerprint density at radius 3 is 2.33 bits per heavy atom. The lowest BCUT2D eigenvalue weighted by Gasteiger charge is -2.17. The maximum atomic E-state index is 11.5. The third-order valence-electron chi connectivity index (χ3n) is 2.44. The first-order valence-electron chi connectivity index (χ1n) is 6.88. The molecule has 1 N–H and O–H groups in total. The van der Waals surface area contributed by atoms with Crippen molar-refractivity contribution in [2.45, 2.75) is 31.8 Å². The van der Waals surface area contributed by atoms with Crippen molar-refractivity contribution in [1.82, 2.24) is 0 Å². The van der Waals surface area contributed by atoms with E-state index in [-0.39, 0.29) is 31.5 Å². The van der Waals surface area contributed by atoms with E-state index in [0.717, 1.165) is 0 Å². The molecule has 0 heterocycles. The summed E-state index contributed by atoms with van der Waals surface area (Å²) in [5.74, 6) is -1.23. The summed E-state index contributed by atoms with van der Waals surface area (Å²) in [5, 5.41) is 8.48. The quantitative estimate of drug-likeness (QED) is 0.300. The molecule has 0 fully saturated rings. The van der Waals surface area contributed by atoms with E-state index >= 15 is 0 Å². The first kappa shape index (κ1) is 19.3. The molecule has 0 saturated heterocycles. The summed E-state index contributed by atoms with van der Waals surface area (Å²) in [7, 11) is 0. The molecule has 0 saturated carbocycles. The second kappa shape index (κ2) is 13.3. The number of unbranched alkanes of at least 4 members (excludes halogenated alkanes) is 1. The molecular formula is C15H24O6. The van der Waals surface area contributed by atoms with Gasteiger partial charge in [0.1, 0.15) is 12.7 Å². The molecule has 0 aliphatic rings. The van der Waals surface area contributed by atoms with Crippen molar-refractivity contribution in [3.05, 3.63) is 25.3 Å². The number of ether oxygens (including phenoxy) is 3. The lowest BCUT2D eigenvalue weighted by Crippen LogP contribution is -2.27. The Morgan fingerprint density at radius 1 is 1.05 bits per heavy atom. The minimum absolute atomic E-state index is 0.0632. The SMILES string of the molecule is C=CCOCC(COC(=O)CCCCC(=O)O)OCC=C. The first-order valence-corrected chi connectivity index (χ1v) is 6.88. The van der Waals surface area contributed by atoms with Crippen LogP contribution in [0.5, 0.6) is 0 Å². The molecule has 120 valence electrons. The highest BCUT2D eigenvalue weighted by Crippen LogP contribution is 2.03. The van der Waals surface area contributed by atoms with Gasteiger partial charge in [-0.1, -0.05) is 12.2 Å². The summed E-state index contributed by atoms with van der Waals surface area (Å²) in [6.45, 7) is 8.23. The van der Waals surface area contributed by atoms with Gasteiger partial charge in [0, 0.05) is 12.8 Å². The molecule has 0 rings (SSSR count). The molecule has 6 heteroatoms. The van der Waals surface area contributed by atoms with Crippen LogP contribution in [0.1, 0.15) is 25.7 Å². The van der Waals surface area contributed by atoms with Gasteiger partial charge in [0.15, 0.2) is 0 Å². The van der Waals surface area contributed by atoms with Crippen LogP contribution < -0.4 is 0 Å². The maximum Gasteiger partial charge on any atom is 0.305 e. The Kier molecular flexibility index (Phi) is 12.3. The Bertz CT molecular complexity index is 326. The van der Waals surface area contributed by atoms with Crippen molar-refractivity contribution in [2.75, 3.05) is 26.4 Å². The fourth-order valence-electron chi connectivity index (χ4n) is 1.43. The average Bonchev–Trinajstić information content (AvgIpc) is 2.45. The fraction of sp³-hybridized carbons (Fsp3) is 0.600. The third kappa shape index (κ3) is 13.1. The number of carboxylic acid groups (broad SMARTS) is 1. The van der Waals surface area contributed by atoms with Crippen LogP contribution in [0.25, 0.3) is 0 Å². The summed E-state index contributed by atoms with van der Waals surface area (Å²) < 4.78 is 15.8. The van der Waals surface area contributed by atoms with Crippen LogP contribution in [-0.4, -0.2) is 49.6 Å². The Labute approximate surface area is 125 Å². The molecule has 1 unspecified atom stereocenters. The highest BCUT2D eigenvalue weighted by Gasteiger charge is 2.12. The van der Waals surface area contributed by atoms with E-state index in [4.69, 9.17) is 19.3 Å². The number of aliphatic carboxylic acids is 1. The van der Waals surface area contributed by atoms with Crippen LogP contribution in [0.3, 0.4) is 0 Å². The largest absolute Gasteiger partial charge is 0.481 e. The molecule has 0 bridgehead atoms. The van der Waals surface area contributed by atoms with Crippen molar-refractivity contribution >= 4 is 11.9 Å². The Morgan fingerprint density at radius 2 is 1.71 bits per heavy atom. The van der Waals surface area contributed by atoms with Gasteiger partial charge in [-0.15, -0.1) is 13.2 Å². The number of carbonyl (C=O) groups is 2. The molecule has 0 aliphatic carbocycles. The highest BCUT2D eigenvalue weighted by atomic mass is 16.6. The second-order valence-corrected chi connectivity index (χ2v) is 4.35. The molecule has 0 spiro atoms. The zero-order chi connectivity index (χ0) is 15.9. The number of hydrogen-bond acceptors (Lipinski definition) is 5. The summed E-state index contributed by atoms with van der Waals surface area (Å²) in [4.78, 5) is 21.8. The average molecular weight is 300 g/mol. The topological polar surface area (TPSA) is 82.1 Å². The fourth-order valence-corrected chi connectivity index (χ4v) is 1.43. The first-order chi connectivity index (χ1) is 10.1. The zero-order valence-electron chi connectivity index (χ0n) is 12.3. The zero-order valence-corrected chi connectivity index (χ0v) is 12.3. The van der Waals surface area contributed by atoms with Gasteiger partial charge in [-0.3, -0.25) is 9.59 Å². The number of carboxylic acids is 1. The van der Waals surface area contributed by atoms with E-state index < -0.39 is 5.97 Å². The number of carbonyl (C=O) groups excluding carboxylic acids is 1. The van der Waals surface area contributed by atoms with Gasteiger partial charge in [0.2, 0.25) is 0 Å². The third-order valence-corrected chi connectivity index (χ3v) is 2.44. The molecule has 0 aromatic carbocycles. The van der Waals surface area contributed by atoms with Gasteiger partial charge in [-0.05, 0) is 12.8 Å². The monoisotopic (exact) mass is 300 g/mol. The second-order valence-electron chi connectivity index (χ2n) is 4.35. The van der Waals surface area contributed by atoms with Crippen LogP contribution in [0.4, 0.5) is 0 Å². The van der Waals surface area contributed by atoms with Crippen LogP contribution in [0, 0.1) is 0 Å². The van der Waals surface area contributed by atoms with E-state index in [0.29, 0.717) is 32.7 Å². The van der Waals surface area contributed by atoms with Crippen LogP contribution >= 0.6 is 0 Å². The van der Waals surface area contributed by atoms with Gasteiger partial charge in [0.25, 0.3) is 0 Å². The van der Waals surface area contributed by atoms with E-state index in [2.05, 4.69) is 13.2 Å². The van der Waals surface area contributed by atoms with E-state index in [1.165, 1.54) is 0 Å². The smallest absolute Gasteiger partial charge is 0.305 e. The minimum atomic E-state index is -0.861. The van der Waals surface area contributed by atoms with E-state index in [1.54, 1.807) is 12.2 Å². The maximum absolute atomic E-state index is 11.5. The minimum Gasteiger partial charge on any atom is -0.481 e. The van der Waals surface area contributed by atoms with Crippen molar-refractivity contribution in [3.8, 4) is 0 Å². The molecule has 21 heavy (non-hydrogen) atoms.